The molecule has 1 aliphatic heterocycles. The van der Waals surface area contributed by atoms with Crippen molar-refractivity contribution in [2.24, 2.45) is 12.0 Å². The van der Waals surface area contributed by atoms with Gasteiger partial charge in [-0.3, -0.25) is 9.67 Å². The summed E-state index contributed by atoms with van der Waals surface area (Å²) in [6.07, 6.45) is 7.45. The van der Waals surface area contributed by atoms with Gasteiger partial charge in [-0.15, -0.1) is 0 Å². The Morgan fingerprint density at radius 1 is 1.55 bits per heavy atom. The lowest BCUT2D eigenvalue weighted by atomic mass is 10.0. The smallest absolute Gasteiger partial charge is 0.193 e. The standard InChI is InChI=1S/C16H29N5S/c1-6-17-15(18-12-16(2,3)22-5)21-8-7-13(11-21)14-9-19-20(4)10-14/h9-10,13H,6-8,11-12H2,1-5H3,(H,17,18). The molecule has 1 aliphatic rings. The molecular formula is C16H29N5S. The predicted octanol–water partition coefficient (Wildman–Crippen LogP) is 2.32. The molecule has 2 heterocycles. The molecule has 1 fully saturated rings. The summed E-state index contributed by atoms with van der Waals surface area (Å²) in [5.74, 6) is 1.61. The summed E-state index contributed by atoms with van der Waals surface area (Å²) in [7, 11) is 1.98. The molecule has 0 saturated carbocycles. The Labute approximate surface area is 138 Å². The maximum atomic E-state index is 4.86. The van der Waals surface area contributed by atoms with E-state index in [2.05, 4.69) is 48.5 Å². The highest BCUT2D eigenvalue weighted by molar-refractivity contribution is 7.99. The first-order valence-corrected chi connectivity index (χ1v) is 9.24. The molecule has 1 saturated heterocycles. The zero-order valence-corrected chi connectivity index (χ0v) is 15.3. The molecule has 1 atom stereocenters. The molecule has 124 valence electrons. The van der Waals surface area contributed by atoms with Crippen LogP contribution < -0.4 is 5.32 Å². The third kappa shape index (κ3) is 4.41. The molecule has 22 heavy (non-hydrogen) atoms. The van der Waals surface area contributed by atoms with Crippen LogP contribution in [0.2, 0.25) is 0 Å². The fourth-order valence-corrected chi connectivity index (χ4v) is 2.82. The molecule has 0 amide bonds. The predicted molar refractivity (Wildman–Crippen MR) is 95.7 cm³/mol. The Morgan fingerprint density at radius 2 is 2.32 bits per heavy atom. The first-order chi connectivity index (χ1) is 10.4. The van der Waals surface area contributed by atoms with E-state index in [9.17, 15) is 0 Å². The highest BCUT2D eigenvalue weighted by Crippen LogP contribution is 2.27. The SMILES string of the molecule is CCNC(=NCC(C)(C)SC)N1CCC(c2cnn(C)c2)C1. The first-order valence-electron chi connectivity index (χ1n) is 8.02. The number of rotatable bonds is 5. The summed E-state index contributed by atoms with van der Waals surface area (Å²) >= 11 is 1.87. The van der Waals surface area contributed by atoms with E-state index in [4.69, 9.17) is 4.99 Å². The number of hydrogen-bond acceptors (Lipinski definition) is 3. The van der Waals surface area contributed by atoms with Gasteiger partial charge in [0.25, 0.3) is 0 Å². The fraction of sp³-hybridized carbons (Fsp3) is 0.750. The van der Waals surface area contributed by atoms with Crippen molar-refractivity contribution < 1.29 is 0 Å². The number of aliphatic imine (C=N–C) groups is 1. The maximum absolute atomic E-state index is 4.86. The van der Waals surface area contributed by atoms with Gasteiger partial charge in [0.1, 0.15) is 0 Å². The minimum absolute atomic E-state index is 0.184. The van der Waals surface area contributed by atoms with Crippen LogP contribution in [0.25, 0.3) is 0 Å². The van der Waals surface area contributed by atoms with Gasteiger partial charge in [0.15, 0.2) is 5.96 Å². The average molecular weight is 324 g/mol. The number of nitrogens with one attached hydrogen (secondary N) is 1. The minimum Gasteiger partial charge on any atom is -0.357 e. The van der Waals surface area contributed by atoms with Crippen LogP contribution in [0.4, 0.5) is 0 Å². The second-order valence-corrected chi connectivity index (χ2v) is 8.03. The lowest BCUT2D eigenvalue weighted by Gasteiger charge is -2.24. The minimum atomic E-state index is 0.184. The molecule has 0 aromatic carbocycles. The summed E-state index contributed by atoms with van der Waals surface area (Å²) in [5.41, 5.74) is 1.34. The summed E-state index contributed by atoms with van der Waals surface area (Å²) in [5, 5.41) is 7.74. The van der Waals surface area contributed by atoms with Crippen molar-refractivity contribution in [3.63, 3.8) is 0 Å². The molecule has 0 spiro atoms. The van der Waals surface area contributed by atoms with Crippen LogP contribution in [0, 0.1) is 0 Å². The quantitative estimate of drug-likeness (QED) is 0.667. The number of aryl methyl sites for hydroxylation is 1. The van der Waals surface area contributed by atoms with Crippen LogP contribution in [-0.4, -0.2) is 57.8 Å². The van der Waals surface area contributed by atoms with Gasteiger partial charge >= 0.3 is 0 Å². The third-order valence-corrected chi connectivity index (χ3v) is 5.42. The van der Waals surface area contributed by atoms with E-state index >= 15 is 0 Å². The number of nitrogens with zero attached hydrogens (tertiary/aromatic N) is 4. The Bertz CT molecular complexity index is 508. The lowest BCUT2D eigenvalue weighted by molar-refractivity contribution is 0.484. The normalized spacial score (nSPS) is 19.8. The van der Waals surface area contributed by atoms with Crippen molar-refractivity contribution in [1.29, 1.82) is 0 Å². The number of thioether (sulfide) groups is 1. The molecule has 5 nitrogen and oxygen atoms in total. The van der Waals surface area contributed by atoms with Crippen molar-refractivity contribution in [3.05, 3.63) is 18.0 Å². The summed E-state index contributed by atoms with van der Waals surface area (Å²) in [6, 6.07) is 0. The molecular weight excluding hydrogens is 294 g/mol. The molecule has 0 radical (unpaired) electrons. The molecule has 1 N–H and O–H groups in total. The molecule has 0 aliphatic carbocycles. The molecule has 2 rings (SSSR count). The van der Waals surface area contributed by atoms with Crippen molar-refractivity contribution in [3.8, 4) is 0 Å². The summed E-state index contributed by atoms with van der Waals surface area (Å²) < 4.78 is 2.07. The fourth-order valence-electron chi connectivity index (χ4n) is 2.63. The first kappa shape index (κ1) is 17.2. The molecule has 6 heteroatoms. The summed E-state index contributed by atoms with van der Waals surface area (Å²) in [4.78, 5) is 7.25. The average Bonchev–Trinajstić information content (AvgIpc) is 3.12. The van der Waals surface area contributed by atoms with Gasteiger partial charge in [0, 0.05) is 43.5 Å². The highest BCUT2D eigenvalue weighted by atomic mass is 32.2. The van der Waals surface area contributed by atoms with E-state index in [-0.39, 0.29) is 4.75 Å². The Kier molecular flexibility index (Phi) is 5.78. The van der Waals surface area contributed by atoms with Crippen molar-refractivity contribution >= 4 is 17.7 Å². The number of aromatic nitrogens is 2. The van der Waals surface area contributed by atoms with Crippen LogP contribution in [-0.2, 0) is 7.05 Å². The van der Waals surface area contributed by atoms with E-state index in [0.29, 0.717) is 5.92 Å². The number of hydrogen-bond donors (Lipinski definition) is 1. The largest absolute Gasteiger partial charge is 0.357 e. The van der Waals surface area contributed by atoms with Gasteiger partial charge < -0.3 is 10.2 Å². The second kappa shape index (κ2) is 7.40. The van der Waals surface area contributed by atoms with E-state index in [1.165, 1.54) is 12.0 Å². The van der Waals surface area contributed by atoms with Crippen molar-refractivity contribution in [2.75, 3.05) is 32.4 Å². The van der Waals surface area contributed by atoms with Gasteiger partial charge in [-0.2, -0.15) is 16.9 Å². The van der Waals surface area contributed by atoms with Crippen LogP contribution in [0.1, 0.15) is 38.7 Å². The van der Waals surface area contributed by atoms with Crippen LogP contribution in [0.5, 0.6) is 0 Å². The Hall–Kier alpha value is -1.17. The van der Waals surface area contributed by atoms with Crippen LogP contribution in [0.15, 0.2) is 17.4 Å². The van der Waals surface area contributed by atoms with E-state index in [1.807, 2.05) is 29.7 Å². The molecule has 0 bridgehead atoms. The van der Waals surface area contributed by atoms with Crippen LogP contribution >= 0.6 is 11.8 Å². The van der Waals surface area contributed by atoms with E-state index in [0.717, 1.165) is 32.1 Å². The van der Waals surface area contributed by atoms with Gasteiger partial charge in [-0.25, -0.2) is 0 Å². The van der Waals surface area contributed by atoms with Gasteiger partial charge in [-0.05, 0) is 39.0 Å². The van der Waals surface area contributed by atoms with Crippen LogP contribution in [0.3, 0.4) is 0 Å². The van der Waals surface area contributed by atoms with Gasteiger partial charge in [0.05, 0.1) is 12.7 Å². The highest BCUT2D eigenvalue weighted by Gasteiger charge is 2.27. The number of guanidine groups is 1. The third-order valence-electron chi connectivity index (χ3n) is 4.18. The number of likely N-dealkylation sites (tertiary alicyclic amines) is 1. The monoisotopic (exact) mass is 323 g/mol. The lowest BCUT2D eigenvalue weighted by Crippen LogP contribution is -2.40. The maximum Gasteiger partial charge on any atom is 0.193 e. The Morgan fingerprint density at radius 3 is 2.91 bits per heavy atom. The van der Waals surface area contributed by atoms with E-state index in [1.54, 1.807) is 0 Å². The Balaban J connectivity index is 2.02. The molecule has 1 unspecified atom stereocenters. The second-order valence-electron chi connectivity index (χ2n) is 6.51. The van der Waals surface area contributed by atoms with Gasteiger partial charge in [-0.1, -0.05) is 0 Å². The van der Waals surface area contributed by atoms with E-state index < -0.39 is 0 Å². The van der Waals surface area contributed by atoms with Gasteiger partial charge in [0.2, 0.25) is 0 Å². The zero-order valence-electron chi connectivity index (χ0n) is 14.5. The zero-order chi connectivity index (χ0) is 16.2. The van der Waals surface area contributed by atoms with Crippen molar-refractivity contribution in [1.82, 2.24) is 20.0 Å². The molecule has 1 aromatic heterocycles. The molecule has 1 aromatic rings. The summed E-state index contributed by atoms with van der Waals surface area (Å²) in [6.45, 7) is 10.4. The van der Waals surface area contributed by atoms with Crippen molar-refractivity contribution in [2.45, 2.75) is 37.9 Å². The topological polar surface area (TPSA) is 45.5 Å².